The molecule has 2 aromatic carbocycles. The standard InChI is InChI=1S/C19H20N4OS/c1-13-9-10-14(2)17(11-13)20-18(24)12-25-19-22-21-15(3)23(19)16-7-5-4-6-8-16/h4-11H,12H2,1-3H3,(H,20,24). The number of amides is 1. The number of rotatable bonds is 5. The molecule has 0 radical (unpaired) electrons. The Hall–Kier alpha value is -2.60. The Kier molecular flexibility index (Phi) is 5.19. The molecule has 3 aromatic rings. The van der Waals surface area contributed by atoms with Crippen LogP contribution in [-0.2, 0) is 4.79 Å². The van der Waals surface area contributed by atoms with E-state index in [4.69, 9.17) is 0 Å². The van der Waals surface area contributed by atoms with Crippen molar-refractivity contribution in [1.29, 1.82) is 0 Å². The fourth-order valence-electron chi connectivity index (χ4n) is 2.50. The lowest BCUT2D eigenvalue weighted by molar-refractivity contribution is -0.113. The molecule has 0 aliphatic carbocycles. The zero-order valence-corrected chi connectivity index (χ0v) is 15.3. The SMILES string of the molecule is Cc1ccc(C)c(NC(=O)CSc2nnc(C)n2-c2ccccc2)c1. The number of hydrogen-bond donors (Lipinski definition) is 1. The molecule has 5 nitrogen and oxygen atoms in total. The predicted molar refractivity (Wildman–Crippen MR) is 101 cm³/mol. The van der Waals surface area contributed by atoms with Crippen molar-refractivity contribution in [1.82, 2.24) is 14.8 Å². The van der Waals surface area contributed by atoms with Gasteiger partial charge in [0.25, 0.3) is 0 Å². The number of aryl methyl sites for hydroxylation is 3. The van der Waals surface area contributed by atoms with Gasteiger partial charge in [0, 0.05) is 11.4 Å². The fraction of sp³-hybridized carbons (Fsp3) is 0.211. The number of carbonyl (C=O) groups is 1. The molecule has 0 spiro atoms. The summed E-state index contributed by atoms with van der Waals surface area (Å²) in [7, 11) is 0. The van der Waals surface area contributed by atoms with E-state index in [0.29, 0.717) is 5.16 Å². The molecule has 6 heteroatoms. The highest BCUT2D eigenvalue weighted by atomic mass is 32.2. The van der Waals surface area contributed by atoms with Crippen molar-refractivity contribution in [2.24, 2.45) is 0 Å². The van der Waals surface area contributed by atoms with Gasteiger partial charge in [-0.15, -0.1) is 10.2 Å². The Morgan fingerprint density at radius 2 is 1.84 bits per heavy atom. The summed E-state index contributed by atoms with van der Waals surface area (Å²) in [5.74, 6) is 1.01. The monoisotopic (exact) mass is 352 g/mol. The molecule has 0 aliphatic heterocycles. The third-order valence-electron chi connectivity index (χ3n) is 3.81. The van der Waals surface area contributed by atoms with Gasteiger partial charge in [0.2, 0.25) is 5.91 Å². The predicted octanol–water partition coefficient (Wildman–Crippen LogP) is 3.92. The number of hydrogen-bond acceptors (Lipinski definition) is 4. The van der Waals surface area contributed by atoms with E-state index in [2.05, 4.69) is 15.5 Å². The minimum atomic E-state index is -0.0565. The van der Waals surface area contributed by atoms with Gasteiger partial charge in [0.05, 0.1) is 5.75 Å². The average Bonchev–Trinajstić information content (AvgIpc) is 2.98. The number of nitrogens with one attached hydrogen (secondary N) is 1. The van der Waals surface area contributed by atoms with E-state index in [1.54, 1.807) is 0 Å². The summed E-state index contributed by atoms with van der Waals surface area (Å²) in [6, 6.07) is 15.9. The van der Waals surface area contributed by atoms with Crippen LogP contribution in [-0.4, -0.2) is 26.4 Å². The molecule has 1 aromatic heterocycles. The third kappa shape index (κ3) is 4.09. The summed E-state index contributed by atoms with van der Waals surface area (Å²) in [5.41, 5.74) is 4.01. The Bertz CT molecular complexity index is 890. The molecule has 0 saturated carbocycles. The Morgan fingerprint density at radius 3 is 2.60 bits per heavy atom. The maximum atomic E-state index is 12.3. The van der Waals surface area contributed by atoms with Gasteiger partial charge in [-0.3, -0.25) is 9.36 Å². The smallest absolute Gasteiger partial charge is 0.234 e. The Morgan fingerprint density at radius 1 is 1.08 bits per heavy atom. The van der Waals surface area contributed by atoms with E-state index >= 15 is 0 Å². The molecule has 0 aliphatic rings. The maximum absolute atomic E-state index is 12.3. The minimum absolute atomic E-state index is 0.0565. The van der Waals surface area contributed by atoms with Crippen LogP contribution in [0.15, 0.2) is 53.7 Å². The molecule has 0 bridgehead atoms. The van der Waals surface area contributed by atoms with Gasteiger partial charge >= 0.3 is 0 Å². The van der Waals surface area contributed by atoms with Gasteiger partial charge in [-0.1, -0.05) is 42.1 Å². The lowest BCUT2D eigenvalue weighted by Crippen LogP contribution is -2.15. The summed E-state index contributed by atoms with van der Waals surface area (Å²) >= 11 is 1.38. The quantitative estimate of drug-likeness (QED) is 0.707. The number of aromatic nitrogens is 3. The topological polar surface area (TPSA) is 59.8 Å². The van der Waals surface area contributed by atoms with Crippen LogP contribution >= 0.6 is 11.8 Å². The van der Waals surface area contributed by atoms with Gasteiger partial charge in [-0.2, -0.15) is 0 Å². The third-order valence-corrected chi connectivity index (χ3v) is 4.74. The second-order valence-electron chi connectivity index (χ2n) is 5.86. The number of benzene rings is 2. The summed E-state index contributed by atoms with van der Waals surface area (Å²) in [6.07, 6.45) is 0. The fourth-order valence-corrected chi connectivity index (χ4v) is 3.30. The van der Waals surface area contributed by atoms with Crippen LogP contribution in [0.1, 0.15) is 17.0 Å². The second-order valence-corrected chi connectivity index (χ2v) is 6.80. The normalized spacial score (nSPS) is 10.7. The lowest BCUT2D eigenvalue weighted by Gasteiger charge is -2.10. The molecule has 1 amide bonds. The number of nitrogens with zero attached hydrogens (tertiary/aromatic N) is 3. The molecular formula is C19H20N4OS. The number of anilines is 1. The van der Waals surface area contributed by atoms with Crippen LogP contribution in [0, 0.1) is 20.8 Å². The maximum Gasteiger partial charge on any atom is 0.234 e. The highest BCUT2D eigenvalue weighted by Gasteiger charge is 2.13. The largest absolute Gasteiger partial charge is 0.325 e. The summed E-state index contributed by atoms with van der Waals surface area (Å²) < 4.78 is 1.95. The van der Waals surface area contributed by atoms with E-state index in [1.807, 2.05) is 73.9 Å². The number of carbonyl (C=O) groups excluding carboxylic acids is 1. The molecule has 0 unspecified atom stereocenters. The highest BCUT2D eigenvalue weighted by molar-refractivity contribution is 7.99. The van der Waals surface area contributed by atoms with Crippen molar-refractivity contribution in [3.63, 3.8) is 0 Å². The lowest BCUT2D eigenvalue weighted by atomic mass is 10.1. The van der Waals surface area contributed by atoms with Crippen molar-refractivity contribution in [2.75, 3.05) is 11.1 Å². The summed E-state index contributed by atoms with van der Waals surface area (Å²) in [6.45, 7) is 5.90. The van der Waals surface area contributed by atoms with E-state index in [-0.39, 0.29) is 11.7 Å². The van der Waals surface area contributed by atoms with Crippen LogP contribution in [0.25, 0.3) is 5.69 Å². The van der Waals surface area contributed by atoms with E-state index in [9.17, 15) is 4.79 Å². The molecule has 0 fully saturated rings. The second kappa shape index (κ2) is 7.53. The summed E-state index contributed by atoms with van der Waals surface area (Å²) in [4.78, 5) is 12.3. The molecule has 1 heterocycles. The minimum Gasteiger partial charge on any atom is -0.325 e. The van der Waals surface area contributed by atoms with Crippen LogP contribution in [0.2, 0.25) is 0 Å². The van der Waals surface area contributed by atoms with Crippen molar-refractivity contribution >= 4 is 23.4 Å². The zero-order valence-electron chi connectivity index (χ0n) is 14.5. The molecule has 25 heavy (non-hydrogen) atoms. The van der Waals surface area contributed by atoms with Crippen LogP contribution < -0.4 is 5.32 Å². The van der Waals surface area contributed by atoms with E-state index in [0.717, 1.165) is 28.3 Å². The van der Waals surface area contributed by atoms with Crippen LogP contribution in [0.5, 0.6) is 0 Å². The number of thioether (sulfide) groups is 1. The van der Waals surface area contributed by atoms with Gasteiger partial charge in [0.1, 0.15) is 5.82 Å². The van der Waals surface area contributed by atoms with Crippen LogP contribution in [0.3, 0.4) is 0 Å². The van der Waals surface area contributed by atoms with Crippen molar-refractivity contribution in [3.8, 4) is 5.69 Å². The van der Waals surface area contributed by atoms with Crippen molar-refractivity contribution in [2.45, 2.75) is 25.9 Å². The molecule has 0 saturated heterocycles. The Balaban J connectivity index is 1.70. The first-order chi connectivity index (χ1) is 12.0. The molecule has 128 valence electrons. The van der Waals surface area contributed by atoms with Gasteiger partial charge < -0.3 is 5.32 Å². The van der Waals surface area contributed by atoms with Gasteiger partial charge in [-0.25, -0.2) is 0 Å². The van der Waals surface area contributed by atoms with Crippen LogP contribution in [0.4, 0.5) is 5.69 Å². The van der Waals surface area contributed by atoms with E-state index in [1.165, 1.54) is 11.8 Å². The molecule has 1 N–H and O–H groups in total. The molecule has 0 atom stereocenters. The molecular weight excluding hydrogens is 332 g/mol. The first kappa shape index (κ1) is 17.2. The molecule has 3 rings (SSSR count). The zero-order chi connectivity index (χ0) is 17.8. The van der Waals surface area contributed by atoms with Gasteiger partial charge in [-0.05, 0) is 50.1 Å². The number of para-hydroxylation sites is 1. The highest BCUT2D eigenvalue weighted by Crippen LogP contribution is 2.22. The van der Waals surface area contributed by atoms with Crippen molar-refractivity contribution < 1.29 is 4.79 Å². The Labute approximate surface area is 151 Å². The first-order valence-corrected chi connectivity index (χ1v) is 9.00. The average molecular weight is 352 g/mol. The van der Waals surface area contributed by atoms with E-state index < -0.39 is 0 Å². The summed E-state index contributed by atoms with van der Waals surface area (Å²) in [5, 5.41) is 12.0. The first-order valence-electron chi connectivity index (χ1n) is 8.02. The van der Waals surface area contributed by atoms with Crippen molar-refractivity contribution in [3.05, 3.63) is 65.5 Å². The van der Waals surface area contributed by atoms with Gasteiger partial charge in [0.15, 0.2) is 5.16 Å².